The Morgan fingerprint density at radius 2 is 1.93 bits per heavy atom. The van der Waals surface area contributed by atoms with E-state index < -0.39 is 29.9 Å². The van der Waals surface area contributed by atoms with Crippen LogP contribution < -0.4 is 10.8 Å². The number of carbonyl (C=O) groups is 3. The number of β-lactam (4-membered cyclic amide) rings is 1. The molecule has 1 aromatic rings. The Labute approximate surface area is 206 Å². The number of guanidine groups is 1. The number of rotatable bonds is 4. The molecule has 4 unspecified atom stereocenters. The third-order valence-electron chi connectivity index (χ3n) is 4.76. The van der Waals surface area contributed by atoms with Gasteiger partial charge in [-0.2, -0.15) is 0 Å². The first kappa shape index (κ1) is 26.9. The number of imide groups is 1. The van der Waals surface area contributed by atoms with Gasteiger partial charge in [-0.1, -0.05) is 37.3 Å². The van der Waals surface area contributed by atoms with Gasteiger partial charge in [0.25, 0.3) is 0 Å². The number of amides is 3. The van der Waals surface area contributed by atoms with Gasteiger partial charge in [-0.25, -0.2) is 19.3 Å². The van der Waals surface area contributed by atoms with E-state index in [1.807, 2.05) is 30.3 Å². The first-order chi connectivity index (χ1) is 13.9. The molecule has 4 atom stereocenters. The number of carbonyl (C=O) groups excluding carboxylic acids is 3. The minimum atomic E-state index is -0.915. The minimum absolute atomic E-state index is 0. The molecule has 0 bridgehead atoms. The van der Waals surface area contributed by atoms with E-state index in [0.717, 1.165) is 29.5 Å². The Balaban J connectivity index is 0.000000379. The third kappa shape index (κ3) is 6.68. The van der Waals surface area contributed by atoms with Gasteiger partial charge in [0.1, 0.15) is 6.61 Å². The average Bonchev–Trinajstić information content (AvgIpc) is 2.68. The number of nitrogens with zero attached hydrogens (tertiary/aromatic N) is 3. The maximum Gasteiger partial charge on any atom is 0.330 e. The summed E-state index contributed by atoms with van der Waals surface area (Å²) in [6.07, 6.45) is 1.75. The molecule has 1 aromatic carbocycles. The number of primary amides is 1. The Morgan fingerprint density at radius 1 is 1.30 bits per heavy atom. The molecule has 2 saturated heterocycles. The average molecular weight is 528 g/mol. The van der Waals surface area contributed by atoms with E-state index in [9.17, 15) is 14.4 Å². The normalized spacial score (nSPS) is 20.0. The predicted molar refractivity (Wildman–Crippen MR) is 116 cm³/mol. The molecule has 2 fully saturated rings. The smallest absolute Gasteiger partial charge is 0.330 e. The zero-order valence-electron chi connectivity index (χ0n) is 16.9. The minimum Gasteiger partial charge on any atom is -0.459 e. The summed E-state index contributed by atoms with van der Waals surface area (Å²) in [6.45, 7) is 4.15. The second-order valence-electron chi connectivity index (χ2n) is 6.54. The van der Waals surface area contributed by atoms with E-state index in [1.54, 1.807) is 6.92 Å². The molecule has 3 N–H and O–H groups in total. The molecule has 0 spiro atoms. The van der Waals surface area contributed by atoms with Crippen molar-refractivity contribution in [3.05, 3.63) is 35.9 Å². The second kappa shape index (κ2) is 13.3. The summed E-state index contributed by atoms with van der Waals surface area (Å²) < 4.78 is 9.11. The van der Waals surface area contributed by atoms with Crippen molar-refractivity contribution in [1.29, 1.82) is 0 Å². The summed E-state index contributed by atoms with van der Waals surface area (Å²) in [5.41, 5.74) is 5.94. The van der Waals surface area contributed by atoms with Gasteiger partial charge in [-0.15, -0.1) is 0 Å². The van der Waals surface area contributed by atoms with Crippen molar-refractivity contribution in [2.24, 2.45) is 16.4 Å². The molecule has 0 aromatic heterocycles. The Bertz CT molecular complexity index is 764. The van der Waals surface area contributed by atoms with Crippen LogP contribution in [0.3, 0.4) is 0 Å². The van der Waals surface area contributed by atoms with Gasteiger partial charge in [0.15, 0.2) is 12.0 Å². The molecule has 2 aliphatic rings. The standard InChI is InChI=1S/C14H16N2O4.C4H11N3P2.Y/c1-2-10-11(16(12(10)17)14(15)19)13(18)20-8-9-6-4-3-5-7-9;8-5-4(6-9)7-2-1-3-7;/h3-7,10-11H,2,8H2,1H3,(H2,15,19);1-3,8-9H2,(H,5,6);. The molecular weight excluding hydrogens is 501 g/mol. The number of benzene rings is 1. The molecule has 2 aliphatic heterocycles. The summed E-state index contributed by atoms with van der Waals surface area (Å²) in [5.74, 6) is -0.595. The maximum absolute atomic E-state index is 12.0. The van der Waals surface area contributed by atoms with Crippen LogP contribution in [0, 0.1) is 5.92 Å². The van der Waals surface area contributed by atoms with Crippen molar-refractivity contribution < 1.29 is 51.8 Å². The fourth-order valence-electron chi connectivity index (χ4n) is 3.01. The maximum atomic E-state index is 12.0. The monoisotopic (exact) mass is 528 g/mol. The van der Waals surface area contributed by atoms with Crippen molar-refractivity contribution in [1.82, 2.24) is 14.9 Å². The van der Waals surface area contributed by atoms with E-state index in [4.69, 9.17) is 10.5 Å². The van der Waals surface area contributed by atoms with Crippen LogP contribution >= 0.6 is 18.8 Å². The number of nitrogens with two attached hydrogens (primary N) is 1. The van der Waals surface area contributed by atoms with Crippen LogP contribution in [-0.4, -0.2) is 52.8 Å². The van der Waals surface area contributed by atoms with Crippen LogP contribution in [0.1, 0.15) is 25.3 Å². The van der Waals surface area contributed by atoms with E-state index in [-0.39, 0.29) is 39.3 Å². The van der Waals surface area contributed by atoms with Gasteiger partial charge in [-0.05, 0) is 37.2 Å². The number of ether oxygens (including phenoxy) is 1. The third-order valence-corrected chi connectivity index (χ3v) is 5.27. The van der Waals surface area contributed by atoms with Crippen LogP contribution in [0.25, 0.3) is 0 Å². The zero-order valence-corrected chi connectivity index (χ0v) is 22.0. The van der Waals surface area contributed by atoms with Crippen molar-refractivity contribution in [2.45, 2.75) is 32.4 Å². The van der Waals surface area contributed by atoms with E-state index >= 15 is 0 Å². The molecule has 161 valence electrons. The van der Waals surface area contributed by atoms with Gasteiger partial charge in [0.05, 0.1) is 5.92 Å². The number of nitrogens with one attached hydrogen (secondary N) is 1. The fraction of sp³-hybridized carbons (Fsp3) is 0.444. The van der Waals surface area contributed by atoms with Crippen molar-refractivity contribution >= 4 is 42.6 Å². The van der Waals surface area contributed by atoms with Crippen molar-refractivity contribution in [2.75, 3.05) is 13.1 Å². The molecule has 30 heavy (non-hydrogen) atoms. The quantitative estimate of drug-likeness (QED) is 0.200. The fourth-order valence-corrected chi connectivity index (χ4v) is 3.66. The topological polar surface area (TPSA) is 117 Å². The van der Waals surface area contributed by atoms with E-state index in [2.05, 4.69) is 33.5 Å². The molecule has 1 radical (unpaired) electrons. The largest absolute Gasteiger partial charge is 0.459 e. The van der Waals surface area contributed by atoms with Crippen molar-refractivity contribution in [3.63, 3.8) is 0 Å². The van der Waals surface area contributed by atoms with E-state index in [0.29, 0.717) is 6.42 Å². The summed E-state index contributed by atoms with van der Waals surface area (Å²) in [6, 6.07) is 7.36. The number of likely N-dealkylation sites (tertiary alicyclic amines) is 2. The number of urea groups is 1. The molecule has 12 heteroatoms. The number of hydrogen-bond acceptors (Lipinski definition) is 5. The van der Waals surface area contributed by atoms with Gasteiger partial charge in [-0.3, -0.25) is 4.79 Å². The molecule has 0 saturated carbocycles. The molecule has 3 rings (SSSR count). The van der Waals surface area contributed by atoms with Crippen LogP contribution in [0.5, 0.6) is 0 Å². The number of hydrogen-bond donors (Lipinski definition) is 2. The second-order valence-corrected chi connectivity index (χ2v) is 7.08. The molecule has 2 heterocycles. The van der Waals surface area contributed by atoms with Crippen LogP contribution in [0.4, 0.5) is 4.79 Å². The number of esters is 1. The van der Waals surface area contributed by atoms with Crippen LogP contribution in [0.2, 0.25) is 0 Å². The molecule has 0 aliphatic carbocycles. The van der Waals surface area contributed by atoms with Gasteiger partial charge < -0.3 is 20.5 Å². The van der Waals surface area contributed by atoms with Crippen LogP contribution in [0.15, 0.2) is 35.1 Å². The Morgan fingerprint density at radius 3 is 2.33 bits per heavy atom. The molecule has 3 amide bonds. The summed E-state index contributed by atoms with van der Waals surface area (Å²) in [5, 5.41) is 2.93. The molecular formula is C18H27N5O4P2Y. The Hall–Kier alpha value is -1.14. The first-order valence-corrected chi connectivity index (χ1v) is 10.4. The Kier molecular flexibility index (Phi) is 11.9. The summed E-state index contributed by atoms with van der Waals surface area (Å²) in [7, 11) is 4.78. The van der Waals surface area contributed by atoms with Crippen molar-refractivity contribution in [3.8, 4) is 0 Å². The summed E-state index contributed by atoms with van der Waals surface area (Å²) >= 11 is 0. The zero-order chi connectivity index (χ0) is 21.4. The predicted octanol–water partition coefficient (Wildman–Crippen LogP) is 1.26. The first-order valence-electron chi connectivity index (χ1n) is 9.27. The van der Waals surface area contributed by atoms with Gasteiger partial charge in [0.2, 0.25) is 5.91 Å². The van der Waals surface area contributed by atoms with E-state index in [1.165, 1.54) is 6.42 Å². The summed E-state index contributed by atoms with van der Waals surface area (Å²) in [4.78, 5) is 37.8. The van der Waals surface area contributed by atoms with Crippen LogP contribution in [-0.2, 0) is 53.6 Å². The van der Waals surface area contributed by atoms with Gasteiger partial charge in [0, 0.05) is 45.8 Å². The van der Waals surface area contributed by atoms with Gasteiger partial charge >= 0.3 is 12.0 Å². The SMILES string of the molecule is CCC1C(=O)N(C(N)=O)C1C(=O)OCc1ccccc1.PN=C(NP)N1CCC1.[Y]. The molecule has 9 nitrogen and oxygen atoms in total.